The summed E-state index contributed by atoms with van der Waals surface area (Å²) in [5.74, 6) is 1.16. The summed E-state index contributed by atoms with van der Waals surface area (Å²) >= 11 is 0. The van der Waals surface area contributed by atoms with Crippen LogP contribution in [0.25, 0.3) is 0 Å². The van der Waals surface area contributed by atoms with Crippen molar-refractivity contribution < 1.29 is 4.74 Å². The molecular formula is C18H34N4O. The number of nitrogens with one attached hydrogen (secondary N) is 1. The molecule has 1 saturated carbocycles. The van der Waals surface area contributed by atoms with Gasteiger partial charge in [-0.25, -0.2) is 0 Å². The van der Waals surface area contributed by atoms with Gasteiger partial charge in [-0.05, 0) is 51.0 Å². The highest BCUT2D eigenvalue weighted by Gasteiger charge is 2.43. The number of ether oxygens (including phenoxy) is 1. The summed E-state index contributed by atoms with van der Waals surface area (Å²) in [5, 5.41) is 3.50. The second-order valence-electron chi connectivity index (χ2n) is 7.42. The molecule has 5 heteroatoms. The summed E-state index contributed by atoms with van der Waals surface area (Å²) in [6.07, 6.45) is 8.10. The maximum absolute atomic E-state index is 5.40. The minimum absolute atomic E-state index is 0.645. The van der Waals surface area contributed by atoms with Gasteiger partial charge in [0.25, 0.3) is 0 Å². The van der Waals surface area contributed by atoms with Crippen LogP contribution < -0.4 is 5.32 Å². The molecule has 1 spiro atoms. The highest BCUT2D eigenvalue weighted by atomic mass is 16.5. The van der Waals surface area contributed by atoms with Crippen molar-refractivity contribution in [2.75, 3.05) is 59.0 Å². The van der Waals surface area contributed by atoms with E-state index in [9.17, 15) is 0 Å². The number of hydrogen-bond acceptors (Lipinski definition) is 3. The lowest BCUT2D eigenvalue weighted by molar-refractivity contribution is 0.0373. The summed E-state index contributed by atoms with van der Waals surface area (Å²) in [4.78, 5) is 9.91. The second kappa shape index (κ2) is 8.34. The Balaban J connectivity index is 1.38. The number of nitrogens with zero attached hydrogens (tertiary/aromatic N) is 3. The third-order valence-electron chi connectivity index (χ3n) is 5.73. The van der Waals surface area contributed by atoms with Crippen LogP contribution in [0, 0.1) is 5.41 Å². The van der Waals surface area contributed by atoms with Gasteiger partial charge in [0, 0.05) is 39.3 Å². The van der Waals surface area contributed by atoms with Gasteiger partial charge in [-0.15, -0.1) is 0 Å². The first-order chi connectivity index (χ1) is 11.3. The lowest BCUT2D eigenvalue weighted by atomic mass is 9.68. The van der Waals surface area contributed by atoms with E-state index in [0.717, 1.165) is 45.4 Å². The Hall–Kier alpha value is -0.810. The Bertz CT molecular complexity index is 388. The van der Waals surface area contributed by atoms with Crippen LogP contribution in [0.2, 0.25) is 0 Å². The normalized spacial score (nSPS) is 24.9. The number of guanidine groups is 1. The molecule has 2 saturated heterocycles. The van der Waals surface area contributed by atoms with Crippen molar-refractivity contribution in [2.24, 2.45) is 10.4 Å². The van der Waals surface area contributed by atoms with Crippen molar-refractivity contribution in [3.8, 4) is 0 Å². The highest BCUT2D eigenvalue weighted by Crippen LogP contribution is 2.47. The molecule has 23 heavy (non-hydrogen) atoms. The number of likely N-dealkylation sites (tertiary alicyclic amines) is 1. The van der Waals surface area contributed by atoms with E-state index in [4.69, 9.17) is 9.73 Å². The van der Waals surface area contributed by atoms with Gasteiger partial charge in [-0.1, -0.05) is 6.42 Å². The highest BCUT2D eigenvalue weighted by molar-refractivity contribution is 5.80. The van der Waals surface area contributed by atoms with Gasteiger partial charge in [-0.3, -0.25) is 9.89 Å². The molecule has 1 N–H and O–H groups in total. The van der Waals surface area contributed by atoms with Crippen LogP contribution in [0.4, 0.5) is 0 Å². The van der Waals surface area contributed by atoms with Gasteiger partial charge >= 0.3 is 0 Å². The van der Waals surface area contributed by atoms with Crippen LogP contribution in [0.1, 0.15) is 45.4 Å². The van der Waals surface area contributed by atoms with Gasteiger partial charge in [0.2, 0.25) is 0 Å². The molecule has 2 aliphatic heterocycles. The Labute approximate surface area is 141 Å². The maximum atomic E-state index is 5.40. The fourth-order valence-electron chi connectivity index (χ4n) is 4.08. The van der Waals surface area contributed by atoms with Gasteiger partial charge in [0.15, 0.2) is 5.96 Å². The van der Waals surface area contributed by atoms with Crippen molar-refractivity contribution in [3.63, 3.8) is 0 Å². The number of hydrogen-bond donors (Lipinski definition) is 1. The van der Waals surface area contributed by atoms with Gasteiger partial charge < -0.3 is 15.0 Å². The van der Waals surface area contributed by atoms with Crippen LogP contribution in [-0.2, 0) is 4.74 Å². The number of morpholine rings is 1. The summed E-state index contributed by atoms with van der Waals surface area (Å²) in [6.45, 7) is 11.7. The summed E-state index contributed by atoms with van der Waals surface area (Å²) in [6, 6.07) is 0. The van der Waals surface area contributed by atoms with Crippen molar-refractivity contribution in [1.82, 2.24) is 15.1 Å². The van der Waals surface area contributed by atoms with E-state index in [1.165, 1.54) is 58.2 Å². The minimum Gasteiger partial charge on any atom is -0.379 e. The summed E-state index contributed by atoms with van der Waals surface area (Å²) < 4.78 is 5.40. The summed E-state index contributed by atoms with van der Waals surface area (Å²) in [7, 11) is 0. The van der Waals surface area contributed by atoms with E-state index >= 15 is 0 Å². The molecular weight excluding hydrogens is 288 g/mol. The zero-order chi connectivity index (χ0) is 16.0. The number of rotatable bonds is 6. The van der Waals surface area contributed by atoms with Crippen LogP contribution in [0.5, 0.6) is 0 Å². The first-order valence-corrected chi connectivity index (χ1v) is 9.65. The van der Waals surface area contributed by atoms with Crippen molar-refractivity contribution >= 4 is 5.96 Å². The predicted octanol–water partition coefficient (Wildman–Crippen LogP) is 1.94. The Morgan fingerprint density at radius 1 is 1.13 bits per heavy atom. The van der Waals surface area contributed by atoms with Gasteiger partial charge in [0.1, 0.15) is 0 Å². The molecule has 0 atom stereocenters. The number of aliphatic imine (C=N–C) groups is 1. The van der Waals surface area contributed by atoms with Crippen molar-refractivity contribution in [3.05, 3.63) is 0 Å². The predicted molar refractivity (Wildman–Crippen MR) is 94.9 cm³/mol. The largest absolute Gasteiger partial charge is 0.379 e. The van der Waals surface area contributed by atoms with Crippen molar-refractivity contribution in [2.45, 2.75) is 45.4 Å². The average Bonchev–Trinajstić information content (AvgIpc) is 3.00. The molecule has 0 bridgehead atoms. The lowest BCUT2D eigenvalue weighted by Crippen LogP contribution is -2.42. The first-order valence-electron chi connectivity index (χ1n) is 9.65. The zero-order valence-electron chi connectivity index (χ0n) is 14.9. The number of unbranched alkanes of at least 4 members (excludes halogenated alkanes) is 1. The van der Waals surface area contributed by atoms with Crippen molar-refractivity contribution in [1.29, 1.82) is 0 Å². The standard InChI is InChI=1S/C18H34N4O/c1-2-19-17(22-11-8-18(16-22)6-5-7-18)20-9-3-4-10-21-12-14-23-15-13-21/h2-16H2,1H3,(H,19,20). The SMILES string of the molecule is CCNC(=NCCCCN1CCOCC1)N1CCC2(CCC2)C1. The first kappa shape index (κ1) is 17.0. The van der Waals surface area contributed by atoms with E-state index in [0.29, 0.717) is 5.41 Å². The van der Waals surface area contributed by atoms with Gasteiger partial charge in [-0.2, -0.15) is 0 Å². The zero-order valence-corrected chi connectivity index (χ0v) is 14.9. The fourth-order valence-corrected chi connectivity index (χ4v) is 4.08. The molecule has 132 valence electrons. The van der Waals surface area contributed by atoms with E-state index in [2.05, 4.69) is 22.0 Å². The molecule has 0 radical (unpaired) electrons. The molecule has 0 amide bonds. The van der Waals surface area contributed by atoms with E-state index in [1.54, 1.807) is 0 Å². The van der Waals surface area contributed by atoms with E-state index < -0.39 is 0 Å². The van der Waals surface area contributed by atoms with Crippen LogP contribution in [-0.4, -0.2) is 74.8 Å². The Morgan fingerprint density at radius 3 is 2.61 bits per heavy atom. The topological polar surface area (TPSA) is 40.1 Å². The molecule has 3 fully saturated rings. The van der Waals surface area contributed by atoms with E-state index in [1.807, 2.05) is 0 Å². The molecule has 3 aliphatic rings. The average molecular weight is 322 g/mol. The van der Waals surface area contributed by atoms with Crippen LogP contribution in [0.15, 0.2) is 4.99 Å². The second-order valence-corrected chi connectivity index (χ2v) is 7.42. The molecule has 0 aromatic carbocycles. The molecule has 5 nitrogen and oxygen atoms in total. The fraction of sp³-hybridized carbons (Fsp3) is 0.944. The quantitative estimate of drug-likeness (QED) is 0.461. The molecule has 3 rings (SSSR count). The van der Waals surface area contributed by atoms with Crippen LogP contribution in [0.3, 0.4) is 0 Å². The molecule has 0 aromatic heterocycles. The maximum Gasteiger partial charge on any atom is 0.193 e. The minimum atomic E-state index is 0.645. The van der Waals surface area contributed by atoms with Crippen LogP contribution >= 0.6 is 0 Å². The monoisotopic (exact) mass is 322 g/mol. The van der Waals surface area contributed by atoms with Gasteiger partial charge in [0.05, 0.1) is 13.2 Å². The lowest BCUT2D eigenvalue weighted by Gasteiger charge is -2.38. The Kier molecular flexibility index (Phi) is 6.17. The molecule has 0 aromatic rings. The molecule has 1 aliphatic carbocycles. The van der Waals surface area contributed by atoms with E-state index in [-0.39, 0.29) is 0 Å². The third-order valence-corrected chi connectivity index (χ3v) is 5.73. The third kappa shape index (κ3) is 4.60. The molecule has 0 unspecified atom stereocenters. The smallest absolute Gasteiger partial charge is 0.193 e. The Morgan fingerprint density at radius 2 is 1.96 bits per heavy atom. The summed E-state index contributed by atoms with van der Waals surface area (Å²) in [5.41, 5.74) is 0.645. The molecule has 2 heterocycles.